The van der Waals surface area contributed by atoms with Gasteiger partial charge < -0.3 is 15.7 Å². The van der Waals surface area contributed by atoms with E-state index in [-0.39, 0.29) is 17.6 Å². The van der Waals surface area contributed by atoms with E-state index in [1.54, 1.807) is 0 Å². The number of amides is 1. The van der Waals surface area contributed by atoms with Gasteiger partial charge in [-0.3, -0.25) is 4.79 Å². The highest BCUT2D eigenvalue weighted by Crippen LogP contribution is 2.27. The van der Waals surface area contributed by atoms with Crippen molar-refractivity contribution in [3.05, 3.63) is 34.3 Å². The van der Waals surface area contributed by atoms with Crippen LogP contribution in [0.15, 0.2) is 28.7 Å². The van der Waals surface area contributed by atoms with Crippen molar-refractivity contribution in [3.8, 4) is 0 Å². The number of nitrogens with one attached hydrogen (secondary N) is 2. The average Bonchev–Trinajstić information content (AvgIpc) is 2.37. The van der Waals surface area contributed by atoms with Crippen LogP contribution < -0.4 is 10.6 Å². The molecule has 1 aromatic rings. The Labute approximate surface area is 145 Å². The summed E-state index contributed by atoms with van der Waals surface area (Å²) in [6.45, 7) is 7.43. The Bertz CT molecular complexity index is 557. The first-order valence-electron chi connectivity index (χ1n) is 7.09. The minimum atomic E-state index is -0.569. The molecule has 1 rings (SSSR count). The van der Waals surface area contributed by atoms with Crippen molar-refractivity contribution in [2.24, 2.45) is 5.41 Å². The second kappa shape index (κ2) is 7.53. The van der Waals surface area contributed by atoms with Gasteiger partial charge in [-0.05, 0) is 43.3 Å². The molecule has 0 saturated heterocycles. The molecule has 1 atom stereocenters. The Hall–Kier alpha value is -0.980. The number of hydrogen-bond donors (Lipinski definition) is 3. The molecule has 0 bridgehead atoms. The fourth-order valence-electron chi connectivity index (χ4n) is 1.91. The molecule has 0 heterocycles. The minimum Gasteiger partial charge on any atom is -0.396 e. The lowest BCUT2D eigenvalue weighted by Crippen LogP contribution is -2.52. The first kappa shape index (κ1) is 19.1. The van der Waals surface area contributed by atoms with Crippen LogP contribution in [0.5, 0.6) is 0 Å². The van der Waals surface area contributed by atoms with Crippen molar-refractivity contribution >= 4 is 39.2 Å². The summed E-state index contributed by atoms with van der Waals surface area (Å²) >= 11 is 8.70. The van der Waals surface area contributed by atoms with Gasteiger partial charge in [-0.2, -0.15) is 0 Å². The third-order valence-corrected chi connectivity index (χ3v) is 4.07. The monoisotopic (exact) mass is 386 g/mol. The van der Waals surface area contributed by atoms with Gasteiger partial charge in [0.15, 0.2) is 5.11 Å². The molecule has 0 aliphatic carbocycles. The smallest absolute Gasteiger partial charge is 0.231 e. The van der Waals surface area contributed by atoms with E-state index in [9.17, 15) is 9.90 Å². The van der Waals surface area contributed by atoms with Crippen molar-refractivity contribution in [2.75, 3.05) is 6.61 Å². The largest absolute Gasteiger partial charge is 0.396 e. The number of halogens is 1. The summed E-state index contributed by atoms with van der Waals surface area (Å²) in [5.74, 6) is -0.148. The van der Waals surface area contributed by atoms with Crippen LogP contribution in [0.4, 0.5) is 0 Å². The van der Waals surface area contributed by atoms with Gasteiger partial charge >= 0.3 is 0 Å². The molecule has 0 unspecified atom stereocenters. The molecule has 0 radical (unpaired) electrons. The van der Waals surface area contributed by atoms with E-state index < -0.39 is 11.0 Å². The number of carbonyl (C=O) groups excluding carboxylic acids is 1. The predicted molar refractivity (Wildman–Crippen MR) is 96.5 cm³/mol. The van der Waals surface area contributed by atoms with Crippen LogP contribution in [0, 0.1) is 5.41 Å². The Morgan fingerprint density at radius 2 is 1.95 bits per heavy atom. The van der Waals surface area contributed by atoms with Gasteiger partial charge in [0, 0.05) is 16.5 Å². The van der Waals surface area contributed by atoms with Gasteiger partial charge in [-0.25, -0.2) is 0 Å². The summed E-state index contributed by atoms with van der Waals surface area (Å²) in [6.07, 6.45) is 0.467. The summed E-state index contributed by atoms with van der Waals surface area (Å²) in [5.41, 5.74) is -0.112. The van der Waals surface area contributed by atoms with E-state index in [2.05, 4.69) is 26.6 Å². The topological polar surface area (TPSA) is 61.4 Å². The van der Waals surface area contributed by atoms with Gasteiger partial charge in [-0.15, -0.1) is 0 Å². The van der Waals surface area contributed by atoms with Crippen molar-refractivity contribution in [1.29, 1.82) is 0 Å². The number of carbonyl (C=O) groups is 1. The molecule has 122 valence electrons. The van der Waals surface area contributed by atoms with Gasteiger partial charge in [0.2, 0.25) is 5.91 Å². The normalized spacial score (nSPS) is 14.1. The lowest BCUT2D eigenvalue weighted by molar-refractivity contribution is -0.126. The zero-order valence-electron chi connectivity index (χ0n) is 13.4. The number of aliphatic hydroxyl groups excluding tert-OH is 1. The number of hydrogen-bond acceptors (Lipinski definition) is 3. The number of benzene rings is 1. The number of rotatable bonds is 4. The summed E-state index contributed by atoms with van der Waals surface area (Å²) in [5, 5.41) is 15.5. The second-order valence-electron chi connectivity index (χ2n) is 6.47. The molecule has 0 aliphatic heterocycles. The summed E-state index contributed by atoms with van der Waals surface area (Å²) in [6, 6.07) is 7.79. The Morgan fingerprint density at radius 3 is 2.45 bits per heavy atom. The molecule has 1 aromatic carbocycles. The second-order valence-corrected chi connectivity index (χ2v) is 7.80. The Kier molecular flexibility index (Phi) is 6.52. The third kappa shape index (κ3) is 5.34. The predicted octanol–water partition coefficient (Wildman–Crippen LogP) is 3.08. The van der Waals surface area contributed by atoms with E-state index in [4.69, 9.17) is 12.2 Å². The van der Waals surface area contributed by atoms with Crippen LogP contribution in [0.1, 0.15) is 39.7 Å². The molecule has 0 aliphatic rings. The molecule has 0 spiro atoms. The van der Waals surface area contributed by atoms with E-state index in [0.29, 0.717) is 6.42 Å². The minimum absolute atomic E-state index is 0.00580. The Balaban J connectivity index is 2.92. The van der Waals surface area contributed by atoms with E-state index in [0.717, 1.165) is 10.0 Å². The number of aliphatic hydroxyl groups is 1. The van der Waals surface area contributed by atoms with Gasteiger partial charge in [-0.1, -0.05) is 48.8 Å². The number of thiocarbonyl (C=S) groups is 1. The highest BCUT2D eigenvalue weighted by molar-refractivity contribution is 9.10. The van der Waals surface area contributed by atoms with E-state index in [1.165, 1.54) is 0 Å². The van der Waals surface area contributed by atoms with Crippen molar-refractivity contribution < 1.29 is 9.90 Å². The third-order valence-electron chi connectivity index (χ3n) is 3.37. The van der Waals surface area contributed by atoms with Gasteiger partial charge in [0.05, 0.1) is 5.54 Å². The van der Waals surface area contributed by atoms with E-state index >= 15 is 0 Å². The summed E-state index contributed by atoms with van der Waals surface area (Å²) in [4.78, 5) is 12.0. The van der Waals surface area contributed by atoms with Crippen LogP contribution >= 0.6 is 28.1 Å². The zero-order chi connectivity index (χ0) is 17.0. The highest BCUT2D eigenvalue weighted by Gasteiger charge is 2.29. The van der Waals surface area contributed by atoms with Crippen LogP contribution in [-0.2, 0) is 10.3 Å². The fraction of sp³-hybridized carbons (Fsp3) is 0.500. The molecular formula is C16H23BrN2O2S. The molecule has 0 saturated carbocycles. The maximum Gasteiger partial charge on any atom is 0.231 e. The SMILES string of the molecule is CC(C)(C)C(=O)NC(=S)N[C@@](C)(CCO)c1cccc(Br)c1. The summed E-state index contributed by atoms with van der Waals surface area (Å²) < 4.78 is 0.945. The van der Waals surface area contributed by atoms with Crippen molar-refractivity contribution in [2.45, 2.75) is 39.7 Å². The van der Waals surface area contributed by atoms with Crippen molar-refractivity contribution in [3.63, 3.8) is 0 Å². The lowest BCUT2D eigenvalue weighted by atomic mass is 9.89. The summed E-state index contributed by atoms with van der Waals surface area (Å²) in [7, 11) is 0. The molecule has 6 heteroatoms. The van der Waals surface area contributed by atoms with Gasteiger partial charge in [0.1, 0.15) is 0 Å². The van der Waals surface area contributed by atoms with Crippen LogP contribution in [-0.4, -0.2) is 22.7 Å². The van der Waals surface area contributed by atoms with Crippen LogP contribution in [0.25, 0.3) is 0 Å². The molecule has 1 amide bonds. The van der Waals surface area contributed by atoms with Gasteiger partial charge in [0.25, 0.3) is 0 Å². The quantitative estimate of drug-likeness (QED) is 0.695. The van der Waals surface area contributed by atoms with Crippen LogP contribution in [0.2, 0.25) is 0 Å². The lowest BCUT2D eigenvalue weighted by Gasteiger charge is -2.33. The van der Waals surface area contributed by atoms with Crippen molar-refractivity contribution in [1.82, 2.24) is 10.6 Å². The standard InChI is InChI=1S/C16H23BrN2O2S/c1-15(2,3)13(21)18-14(22)19-16(4,8-9-20)11-6-5-7-12(17)10-11/h5-7,10,20H,8-9H2,1-4H3,(H2,18,19,21,22)/t16-/m0/s1. The first-order chi connectivity index (χ1) is 10.1. The zero-order valence-corrected chi connectivity index (χ0v) is 15.8. The van der Waals surface area contributed by atoms with Crippen LogP contribution in [0.3, 0.4) is 0 Å². The maximum absolute atomic E-state index is 12.0. The fourth-order valence-corrected chi connectivity index (χ4v) is 2.62. The maximum atomic E-state index is 12.0. The molecule has 0 fully saturated rings. The van der Waals surface area contributed by atoms with E-state index in [1.807, 2.05) is 52.0 Å². The molecular weight excluding hydrogens is 364 g/mol. The Morgan fingerprint density at radius 1 is 1.32 bits per heavy atom. The molecule has 22 heavy (non-hydrogen) atoms. The average molecular weight is 387 g/mol. The highest BCUT2D eigenvalue weighted by atomic mass is 79.9. The first-order valence-corrected chi connectivity index (χ1v) is 8.29. The molecule has 0 aromatic heterocycles. The molecule has 3 N–H and O–H groups in total. The molecule has 4 nitrogen and oxygen atoms in total.